The molecule has 1 aromatic carbocycles. The number of fused-ring (bicyclic) bond motifs is 1. The van der Waals surface area contributed by atoms with Crippen molar-refractivity contribution in [2.45, 2.75) is 0 Å². The second-order valence-electron chi connectivity index (χ2n) is 2.43. The lowest BCUT2D eigenvalue weighted by atomic mass is 10.2. The molecule has 0 fully saturated rings. The van der Waals surface area contributed by atoms with Gasteiger partial charge in [-0.3, -0.25) is 4.79 Å². The number of rotatable bonds is 0. The van der Waals surface area contributed by atoms with Gasteiger partial charge >= 0.3 is 0 Å². The summed E-state index contributed by atoms with van der Waals surface area (Å²) in [6.45, 7) is 0. The minimum Gasteiger partial charge on any atom is -0.266 e. The van der Waals surface area contributed by atoms with Crippen molar-refractivity contribution in [2.24, 2.45) is 0 Å². The van der Waals surface area contributed by atoms with Crippen molar-refractivity contribution >= 4 is 27.9 Å². The Hall–Kier alpha value is -1.29. The van der Waals surface area contributed by atoms with Crippen LogP contribution < -0.4 is 5.56 Å². The Morgan fingerprint density at radius 1 is 0.923 bits per heavy atom. The van der Waals surface area contributed by atoms with Crippen LogP contribution >= 0.6 is 17.0 Å². The summed E-state index contributed by atoms with van der Waals surface area (Å²) >= 11 is 0. The van der Waals surface area contributed by atoms with Crippen molar-refractivity contribution in [1.29, 1.82) is 0 Å². The predicted octanol–water partition coefficient (Wildman–Crippen LogP) is 1.57. The van der Waals surface area contributed by atoms with E-state index in [1.54, 1.807) is 6.07 Å². The van der Waals surface area contributed by atoms with E-state index in [-0.39, 0.29) is 22.5 Å². The molecule has 2 aromatic rings. The summed E-state index contributed by atoms with van der Waals surface area (Å²) in [6, 6.07) is 10.6. The molecule has 0 atom stereocenters. The van der Waals surface area contributed by atoms with Crippen molar-refractivity contribution in [3.63, 3.8) is 0 Å². The highest BCUT2D eigenvalue weighted by atomic mass is 79.9. The number of halogens is 1. The molecule has 3 nitrogen and oxygen atoms in total. The lowest BCUT2D eigenvalue weighted by Gasteiger charge is -1.85. The normalized spacial score (nSPS) is 9.23. The van der Waals surface area contributed by atoms with Crippen LogP contribution in [0.3, 0.4) is 0 Å². The Balaban J connectivity index is 0.000000845. The SMILES string of the molecule is Br.O=c1ccc2ccccc2nn1. The monoisotopic (exact) mass is 238 g/mol. The molecule has 66 valence electrons. The molecule has 0 aliphatic rings. The maximum absolute atomic E-state index is 10.8. The van der Waals surface area contributed by atoms with Gasteiger partial charge in [-0.1, -0.05) is 18.2 Å². The van der Waals surface area contributed by atoms with Gasteiger partial charge in [-0.05, 0) is 12.1 Å². The summed E-state index contributed by atoms with van der Waals surface area (Å²) in [5.74, 6) is 0. The molecule has 0 N–H and O–H groups in total. The molecule has 2 rings (SSSR count). The molecule has 0 aliphatic heterocycles. The fourth-order valence-electron chi connectivity index (χ4n) is 1.02. The van der Waals surface area contributed by atoms with Gasteiger partial charge in [0.05, 0.1) is 5.52 Å². The van der Waals surface area contributed by atoms with Gasteiger partial charge in [-0.2, -0.15) is 0 Å². The molecule has 0 aliphatic carbocycles. The van der Waals surface area contributed by atoms with Crippen LogP contribution in [0.15, 0.2) is 41.2 Å². The molecule has 0 amide bonds. The van der Waals surface area contributed by atoms with Crippen LogP contribution in [0.1, 0.15) is 0 Å². The summed E-state index contributed by atoms with van der Waals surface area (Å²) in [6.07, 6.45) is 0. The van der Waals surface area contributed by atoms with Gasteiger partial charge in [-0.15, -0.1) is 27.2 Å². The molecule has 1 aromatic heterocycles. The zero-order valence-corrected chi connectivity index (χ0v) is 8.39. The Kier molecular flexibility index (Phi) is 3.08. The fourth-order valence-corrected chi connectivity index (χ4v) is 1.02. The smallest absolute Gasteiger partial charge is 0.266 e. The summed E-state index contributed by atoms with van der Waals surface area (Å²) in [7, 11) is 0. The van der Waals surface area contributed by atoms with Crippen molar-refractivity contribution in [1.82, 2.24) is 10.2 Å². The molecular formula is C9H7BrN2O. The van der Waals surface area contributed by atoms with E-state index in [4.69, 9.17) is 0 Å². The highest BCUT2D eigenvalue weighted by Gasteiger charge is 1.89. The molecule has 0 unspecified atom stereocenters. The summed E-state index contributed by atoms with van der Waals surface area (Å²) in [5, 5.41) is 8.17. The third-order valence-corrected chi connectivity index (χ3v) is 1.60. The zero-order valence-electron chi connectivity index (χ0n) is 6.68. The van der Waals surface area contributed by atoms with Crippen LogP contribution in [0.5, 0.6) is 0 Å². The highest BCUT2D eigenvalue weighted by Crippen LogP contribution is 2.05. The van der Waals surface area contributed by atoms with Crippen LogP contribution in [-0.4, -0.2) is 10.2 Å². The van der Waals surface area contributed by atoms with Gasteiger partial charge in [0.25, 0.3) is 5.56 Å². The fraction of sp³-hybridized carbons (Fsp3) is 0. The summed E-state index contributed by atoms with van der Waals surface area (Å²) < 4.78 is 0. The zero-order chi connectivity index (χ0) is 8.39. The standard InChI is InChI=1S/C9H6N2O.BrH/c12-9-6-5-7-3-1-2-4-8(7)10-11-9;/h1-6H;1H. The maximum Gasteiger partial charge on any atom is 0.288 e. The summed E-state index contributed by atoms with van der Waals surface area (Å²) in [4.78, 5) is 10.8. The first-order chi connectivity index (χ1) is 5.86. The van der Waals surface area contributed by atoms with Crippen LogP contribution in [-0.2, 0) is 0 Å². The molecule has 0 spiro atoms. The molecule has 13 heavy (non-hydrogen) atoms. The van der Waals surface area contributed by atoms with Crippen LogP contribution in [0, 0.1) is 0 Å². The van der Waals surface area contributed by atoms with Gasteiger partial charge in [-0.25, -0.2) is 0 Å². The third kappa shape index (κ3) is 2.09. The number of nitrogens with zero attached hydrogens (tertiary/aromatic N) is 2. The van der Waals surface area contributed by atoms with Crippen molar-refractivity contribution in [3.8, 4) is 0 Å². The lowest BCUT2D eigenvalue weighted by Crippen LogP contribution is -1.99. The van der Waals surface area contributed by atoms with E-state index in [1.165, 1.54) is 6.07 Å². The average molecular weight is 239 g/mol. The third-order valence-electron chi connectivity index (χ3n) is 1.60. The first kappa shape index (κ1) is 9.80. The Labute approximate surface area is 85.2 Å². The quantitative estimate of drug-likeness (QED) is 0.700. The van der Waals surface area contributed by atoms with Crippen LogP contribution in [0.25, 0.3) is 10.9 Å². The topological polar surface area (TPSA) is 42.9 Å². The van der Waals surface area contributed by atoms with E-state index >= 15 is 0 Å². The van der Waals surface area contributed by atoms with E-state index in [0.29, 0.717) is 0 Å². The van der Waals surface area contributed by atoms with E-state index in [1.807, 2.05) is 24.3 Å². The Morgan fingerprint density at radius 2 is 1.69 bits per heavy atom. The molecule has 0 bridgehead atoms. The van der Waals surface area contributed by atoms with Crippen molar-refractivity contribution in [3.05, 3.63) is 46.8 Å². The summed E-state index contributed by atoms with van der Waals surface area (Å²) in [5.41, 5.74) is 0.422. The first-order valence-electron chi connectivity index (χ1n) is 3.59. The van der Waals surface area contributed by atoms with E-state index < -0.39 is 0 Å². The van der Waals surface area contributed by atoms with E-state index in [9.17, 15) is 4.79 Å². The predicted molar refractivity (Wildman–Crippen MR) is 56.1 cm³/mol. The van der Waals surface area contributed by atoms with E-state index in [2.05, 4.69) is 10.2 Å². The second-order valence-corrected chi connectivity index (χ2v) is 2.43. The van der Waals surface area contributed by atoms with Crippen molar-refractivity contribution < 1.29 is 0 Å². The number of aromatic nitrogens is 2. The lowest BCUT2D eigenvalue weighted by molar-refractivity contribution is 1.04. The average Bonchev–Trinajstić information content (AvgIpc) is 2.29. The largest absolute Gasteiger partial charge is 0.288 e. The van der Waals surface area contributed by atoms with Gasteiger partial charge in [0.2, 0.25) is 0 Å². The number of hydrogen-bond acceptors (Lipinski definition) is 3. The Morgan fingerprint density at radius 3 is 2.54 bits per heavy atom. The van der Waals surface area contributed by atoms with Gasteiger partial charge in [0, 0.05) is 11.5 Å². The number of benzene rings is 1. The van der Waals surface area contributed by atoms with Gasteiger partial charge in [0.1, 0.15) is 0 Å². The minimum atomic E-state index is -0.314. The maximum atomic E-state index is 10.8. The second kappa shape index (κ2) is 4.09. The number of hydrogen-bond donors (Lipinski definition) is 0. The molecule has 0 radical (unpaired) electrons. The molecular weight excluding hydrogens is 232 g/mol. The van der Waals surface area contributed by atoms with Gasteiger partial charge in [0.15, 0.2) is 0 Å². The van der Waals surface area contributed by atoms with Crippen LogP contribution in [0.4, 0.5) is 0 Å². The molecule has 0 saturated heterocycles. The minimum absolute atomic E-state index is 0. The highest BCUT2D eigenvalue weighted by molar-refractivity contribution is 8.93. The molecule has 4 heteroatoms. The van der Waals surface area contributed by atoms with Crippen molar-refractivity contribution in [2.75, 3.05) is 0 Å². The Bertz CT molecular complexity index is 431. The molecule has 1 heterocycles. The van der Waals surface area contributed by atoms with Gasteiger partial charge < -0.3 is 0 Å². The first-order valence-corrected chi connectivity index (χ1v) is 3.59. The van der Waals surface area contributed by atoms with E-state index in [0.717, 1.165) is 10.9 Å². The molecule has 0 saturated carbocycles. The van der Waals surface area contributed by atoms with Crippen LogP contribution in [0.2, 0.25) is 0 Å².